The van der Waals surface area contributed by atoms with Crippen molar-refractivity contribution in [2.24, 2.45) is 0 Å². The number of hydrogen-bond acceptors (Lipinski definition) is 6. The SMILES string of the molecule is CCOP(=O)(CC(O)CNC(=O)OCC1c2ccccc2-c2ccccc21)OCC. The van der Waals surface area contributed by atoms with Crippen LogP contribution < -0.4 is 5.32 Å². The van der Waals surface area contributed by atoms with Gasteiger partial charge < -0.3 is 24.2 Å². The van der Waals surface area contributed by atoms with E-state index in [4.69, 9.17) is 13.8 Å². The van der Waals surface area contributed by atoms with Crippen molar-refractivity contribution >= 4 is 13.7 Å². The largest absolute Gasteiger partial charge is 0.449 e. The molecule has 0 heterocycles. The molecule has 1 amide bonds. The highest BCUT2D eigenvalue weighted by atomic mass is 31.2. The van der Waals surface area contributed by atoms with Crippen LogP contribution in [0, 0.1) is 0 Å². The Morgan fingerprint density at radius 3 is 2.10 bits per heavy atom. The van der Waals surface area contributed by atoms with Crippen molar-refractivity contribution in [1.29, 1.82) is 0 Å². The van der Waals surface area contributed by atoms with E-state index >= 15 is 0 Å². The van der Waals surface area contributed by atoms with Gasteiger partial charge in [-0.2, -0.15) is 0 Å². The molecule has 2 aromatic carbocycles. The molecule has 2 aromatic rings. The maximum Gasteiger partial charge on any atom is 0.407 e. The second-order valence-electron chi connectivity index (χ2n) is 6.99. The molecule has 0 bridgehead atoms. The Morgan fingerprint density at radius 2 is 1.57 bits per heavy atom. The number of aliphatic hydroxyl groups is 1. The van der Waals surface area contributed by atoms with Crippen LogP contribution in [0.5, 0.6) is 0 Å². The van der Waals surface area contributed by atoms with Crippen LogP contribution in [0.3, 0.4) is 0 Å². The smallest absolute Gasteiger partial charge is 0.407 e. The minimum atomic E-state index is -3.38. The van der Waals surface area contributed by atoms with Gasteiger partial charge in [0.2, 0.25) is 0 Å². The molecule has 0 aromatic heterocycles. The second-order valence-corrected chi connectivity index (χ2v) is 9.09. The first-order valence-corrected chi connectivity index (χ1v) is 11.8. The van der Waals surface area contributed by atoms with E-state index in [1.165, 1.54) is 0 Å². The van der Waals surface area contributed by atoms with Crippen LogP contribution in [0.25, 0.3) is 11.1 Å². The second kappa shape index (κ2) is 10.2. The van der Waals surface area contributed by atoms with Crippen LogP contribution in [0.2, 0.25) is 0 Å². The van der Waals surface area contributed by atoms with Gasteiger partial charge >= 0.3 is 13.7 Å². The van der Waals surface area contributed by atoms with E-state index in [2.05, 4.69) is 17.4 Å². The molecule has 8 heteroatoms. The molecule has 162 valence electrons. The van der Waals surface area contributed by atoms with E-state index in [1.807, 2.05) is 36.4 Å². The summed E-state index contributed by atoms with van der Waals surface area (Å²) in [5, 5.41) is 12.6. The van der Waals surface area contributed by atoms with Crippen LogP contribution in [0.4, 0.5) is 4.79 Å². The summed E-state index contributed by atoms with van der Waals surface area (Å²) in [6.45, 7) is 3.90. The highest BCUT2D eigenvalue weighted by Crippen LogP contribution is 2.48. The van der Waals surface area contributed by atoms with E-state index in [0.29, 0.717) is 0 Å². The first kappa shape index (κ1) is 22.5. The maximum absolute atomic E-state index is 12.5. The fourth-order valence-corrected chi connectivity index (χ4v) is 5.43. The van der Waals surface area contributed by atoms with E-state index in [0.717, 1.165) is 22.3 Å². The number of hydrogen-bond donors (Lipinski definition) is 2. The summed E-state index contributed by atoms with van der Waals surface area (Å²) in [5.74, 6) is -0.0378. The highest BCUT2D eigenvalue weighted by molar-refractivity contribution is 7.53. The molecule has 30 heavy (non-hydrogen) atoms. The Hall–Kier alpha value is -2.18. The summed E-state index contributed by atoms with van der Waals surface area (Å²) in [5.41, 5.74) is 4.56. The molecule has 1 aliphatic rings. The highest BCUT2D eigenvalue weighted by Gasteiger charge is 2.30. The molecule has 0 aliphatic heterocycles. The minimum absolute atomic E-state index is 0.0378. The van der Waals surface area contributed by atoms with Crippen molar-refractivity contribution in [3.05, 3.63) is 59.7 Å². The van der Waals surface area contributed by atoms with Crippen molar-refractivity contribution in [1.82, 2.24) is 5.32 Å². The maximum atomic E-state index is 12.5. The van der Waals surface area contributed by atoms with Gasteiger partial charge in [-0.05, 0) is 36.1 Å². The molecule has 7 nitrogen and oxygen atoms in total. The number of ether oxygens (including phenoxy) is 1. The predicted molar refractivity (Wildman–Crippen MR) is 115 cm³/mol. The number of nitrogens with one attached hydrogen (secondary N) is 1. The molecule has 0 spiro atoms. The van der Waals surface area contributed by atoms with Gasteiger partial charge in [0.05, 0.1) is 25.5 Å². The molecule has 0 fully saturated rings. The molecular weight excluding hydrogens is 405 g/mol. The third-order valence-electron chi connectivity index (χ3n) is 4.91. The van der Waals surface area contributed by atoms with Gasteiger partial charge in [-0.3, -0.25) is 4.57 Å². The van der Waals surface area contributed by atoms with Crippen molar-refractivity contribution in [2.45, 2.75) is 25.9 Å². The predicted octanol–water partition coefficient (Wildman–Crippen LogP) is 4.15. The molecule has 1 aliphatic carbocycles. The van der Waals surface area contributed by atoms with Gasteiger partial charge in [0.15, 0.2) is 0 Å². The number of aliphatic hydroxyl groups excluding tert-OH is 1. The molecule has 1 unspecified atom stereocenters. The van der Waals surface area contributed by atoms with Gasteiger partial charge in [-0.15, -0.1) is 0 Å². The lowest BCUT2D eigenvalue weighted by molar-refractivity contribution is 0.129. The summed E-state index contributed by atoms with van der Waals surface area (Å²) < 4.78 is 28.2. The Bertz CT molecular complexity index is 863. The fraction of sp³-hybridized carbons (Fsp3) is 0.409. The first-order valence-electron chi connectivity index (χ1n) is 10.1. The third kappa shape index (κ3) is 5.29. The van der Waals surface area contributed by atoms with E-state index in [9.17, 15) is 14.5 Å². The average Bonchev–Trinajstić information content (AvgIpc) is 3.05. The molecule has 3 rings (SSSR count). The normalized spacial score (nSPS) is 14.1. The van der Waals surface area contributed by atoms with E-state index in [-0.39, 0.29) is 38.4 Å². The lowest BCUT2D eigenvalue weighted by Crippen LogP contribution is -2.35. The Morgan fingerprint density at radius 1 is 1.03 bits per heavy atom. The Kier molecular flexibility index (Phi) is 7.67. The molecule has 2 N–H and O–H groups in total. The summed E-state index contributed by atoms with van der Waals surface area (Å²) in [4.78, 5) is 12.2. The number of amides is 1. The molecule has 0 saturated carbocycles. The van der Waals surface area contributed by atoms with E-state index < -0.39 is 19.8 Å². The van der Waals surface area contributed by atoms with Gasteiger partial charge in [0.1, 0.15) is 6.61 Å². The van der Waals surface area contributed by atoms with Crippen molar-refractivity contribution in [2.75, 3.05) is 32.5 Å². The molecule has 1 atom stereocenters. The molecular formula is C22H28NO6P. The standard InChI is InChI=1S/C22H28NO6P/c1-3-28-30(26,29-4-2)15-16(24)13-23-22(25)27-14-21-19-11-7-5-9-17(19)18-10-6-8-12-20(18)21/h5-12,16,21,24H,3-4,13-15H2,1-2H3,(H,23,25). The summed E-state index contributed by atoms with van der Waals surface area (Å²) in [6.07, 6.45) is -1.91. The minimum Gasteiger partial charge on any atom is -0.449 e. The average molecular weight is 433 g/mol. The lowest BCUT2D eigenvalue weighted by atomic mass is 9.98. The van der Waals surface area contributed by atoms with Crippen LogP contribution in [0.1, 0.15) is 30.9 Å². The number of carbonyl (C=O) groups excluding carboxylic acids is 1. The Labute approximate surface area is 176 Å². The monoisotopic (exact) mass is 433 g/mol. The van der Waals surface area contributed by atoms with Crippen molar-refractivity contribution in [3.63, 3.8) is 0 Å². The number of carbonyl (C=O) groups is 1. The Balaban J connectivity index is 1.53. The van der Waals surface area contributed by atoms with Gasteiger partial charge in [0, 0.05) is 12.5 Å². The topological polar surface area (TPSA) is 94.1 Å². The van der Waals surface area contributed by atoms with Crippen LogP contribution in [0.15, 0.2) is 48.5 Å². The van der Waals surface area contributed by atoms with Gasteiger partial charge in [-0.1, -0.05) is 48.5 Å². The zero-order valence-corrected chi connectivity index (χ0v) is 18.1. The molecule has 0 radical (unpaired) electrons. The van der Waals surface area contributed by atoms with Gasteiger partial charge in [0.25, 0.3) is 0 Å². The van der Waals surface area contributed by atoms with Crippen molar-refractivity contribution < 1.29 is 28.3 Å². The summed E-state index contributed by atoms with van der Waals surface area (Å²) in [6, 6.07) is 16.2. The number of alkyl carbamates (subject to hydrolysis) is 1. The van der Waals surface area contributed by atoms with Crippen LogP contribution in [-0.2, 0) is 18.3 Å². The molecule has 0 saturated heterocycles. The van der Waals surface area contributed by atoms with E-state index in [1.54, 1.807) is 13.8 Å². The fourth-order valence-electron chi connectivity index (χ4n) is 3.71. The summed E-state index contributed by atoms with van der Waals surface area (Å²) >= 11 is 0. The van der Waals surface area contributed by atoms with Crippen LogP contribution in [-0.4, -0.2) is 49.8 Å². The van der Waals surface area contributed by atoms with Gasteiger partial charge in [-0.25, -0.2) is 4.79 Å². The number of rotatable bonds is 10. The quantitative estimate of drug-likeness (QED) is 0.547. The zero-order chi connectivity index (χ0) is 21.6. The van der Waals surface area contributed by atoms with Crippen LogP contribution >= 0.6 is 7.60 Å². The number of fused-ring (bicyclic) bond motifs is 3. The summed E-state index contributed by atoms with van der Waals surface area (Å²) in [7, 11) is -3.38. The number of benzene rings is 2. The van der Waals surface area contributed by atoms with Crippen molar-refractivity contribution in [3.8, 4) is 11.1 Å². The zero-order valence-electron chi connectivity index (χ0n) is 17.2. The third-order valence-corrected chi connectivity index (χ3v) is 7.08. The first-order chi connectivity index (χ1) is 14.5. The lowest BCUT2D eigenvalue weighted by Gasteiger charge is -2.20.